The minimum Gasteiger partial charge on any atom is -0.508 e. The van der Waals surface area contributed by atoms with Crippen LogP contribution in [0.25, 0.3) is 0 Å². The quantitative estimate of drug-likeness (QED) is 0.836. The first-order valence-electron chi connectivity index (χ1n) is 8.26. The first-order valence-corrected chi connectivity index (χ1v) is 9.14. The summed E-state index contributed by atoms with van der Waals surface area (Å²) >= 11 is 1.57. The molecule has 128 valence electrons. The Balaban J connectivity index is 1.65. The number of carbonyl (C=O) groups is 1. The minimum absolute atomic E-state index is 0.0599. The molecule has 5 nitrogen and oxygen atoms in total. The third kappa shape index (κ3) is 4.47. The van der Waals surface area contributed by atoms with E-state index in [2.05, 4.69) is 10.3 Å². The van der Waals surface area contributed by atoms with Crippen LogP contribution < -0.4 is 5.32 Å². The van der Waals surface area contributed by atoms with E-state index in [0.717, 1.165) is 22.8 Å². The van der Waals surface area contributed by atoms with Crippen LogP contribution in [0, 0.1) is 12.8 Å². The molecule has 2 aromatic rings. The number of nitrogens with zero attached hydrogens (tertiary/aromatic N) is 2. The summed E-state index contributed by atoms with van der Waals surface area (Å²) < 4.78 is 0. The van der Waals surface area contributed by atoms with Crippen molar-refractivity contribution in [3.63, 3.8) is 0 Å². The fourth-order valence-corrected chi connectivity index (χ4v) is 3.37. The van der Waals surface area contributed by atoms with Gasteiger partial charge in [0, 0.05) is 24.2 Å². The number of amides is 2. The van der Waals surface area contributed by atoms with E-state index in [-0.39, 0.29) is 17.8 Å². The molecular weight excluding hydrogens is 322 g/mol. The van der Waals surface area contributed by atoms with Crippen molar-refractivity contribution < 1.29 is 9.90 Å². The maximum Gasteiger partial charge on any atom is 0.318 e. The number of phenolic OH excluding ortho intramolecular Hbond substituents is 1. The second-order valence-corrected chi connectivity index (χ2v) is 7.38. The number of rotatable bonds is 6. The number of hydrogen-bond donors (Lipinski definition) is 2. The van der Waals surface area contributed by atoms with Crippen LogP contribution in [-0.4, -0.2) is 27.6 Å². The predicted molar refractivity (Wildman–Crippen MR) is 95.0 cm³/mol. The van der Waals surface area contributed by atoms with Crippen molar-refractivity contribution in [2.45, 2.75) is 39.3 Å². The van der Waals surface area contributed by atoms with Crippen molar-refractivity contribution in [2.75, 3.05) is 6.54 Å². The summed E-state index contributed by atoms with van der Waals surface area (Å²) in [5, 5.41) is 15.4. The summed E-state index contributed by atoms with van der Waals surface area (Å²) in [6.07, 6.45) is 2.39. The van der Waals surface area contributed by atoms with Crippen molar-refractivity contribution >= 4 is 17.4 Å². The lowest BCUT2D eigenvalue weighted by atomic mass is 10.2. The molecule has 1 saturated carbocycles. The van der Waals surface area contributed by atoms with Crippen LogP contribution in [0.4, 0.5) is 4.79 Å². The molecular formula is C18H23N3O2S. The summed E-state index contributed by atoms with van der Waals surface area (Å²) in [5.41, 5.74) is 2.00. The molecule has 1 aromatic carbocycles. The predicted octanol–water partition coefficient (Wildman–Crippen LogP) is 3.84. The largest absolute Gasteiger partial charge is 0.508 e. The summed E-state index contributed by atoms with van der Waals surface area (Å²) in [5.74, 6) is 0.856. The smallest absolute Gasteiger partial charge is 0.318 e. The highest BCUT2D eigenvalue weighted by molar-refractivity contribution is 7.09. The molecule has 0 aliphatic heterocycles. The van der Waals surface area contributed by atoms with Crippen molar-refractivity contribution in [1.82, 2.24) is 15.2 Å². The molecule has 1 fully saturated rings. The van der Waals surface area contributed by atoms with Gasteiger partial charge in [0.25, 0.3) is 0 Å². The minimum atomic E-state index is -0.0993. The molecule has 2 amide bonds. The highest BCUT2D eigenvalue weighted by Crippen LogP contribution is 2.30. The molecule has 0 saturated heterocycles. The van der Waals surface area contributed by atoms with E-state index >= 15 is 0 Å². The van der Waals surface area contributed by atoms with E-state index in [1.807, 2.05) is 36.3 Å². The summed E-state index contributed by atoms with van der Waals surface area (Å²) in [6.45, 7) is 5.24. The molecule has 6 heteroatoms. The maximum atomic E-state index is 12.7. The lowest BCUT2D eigenvalue weighted by molar-refractivity contribution is 0.189. The van der Waals surface area contributed by atoms with E-state index in [9.17, 15) is 9.90 Å². The Hall–Kier alpha value is -2.08. The molecule has 1 unspecified atom stereocenters. The molecule has 2 N–H and O–H groups in total. The van der Waals surface area contributed by atoms with E-state index in [4.69, 9.17) is 0 Å². The number of benzene rings is 1. The maximum absolute atomic E-state index is 12.7. The number of aryl methyl sites for hydroxylation is 1. The molecule has 24 heavy (non-hydrogen) atoms. The Morgan fingerprint density at radius 3 is 2.71 bits per heavy atom. The topological polar surface area (TPSA) is 65.5 Å². The number of carbonyl (C=O) groups excluding carboxylic acids is 1. The van der Waals surface area contributed by atoms with Gasteiger partial charge in [-0.15, -0.1) is 11.3 Å². The van der Waals surface area contributed by atoms with Gasteiger partial charge in [0.2, 0.25) is 0 Å². The van der Waals surface area contributed by atoms with E-state index < -0.39 is 0 Å². The normalized spacial score (nSPS) is 15.1. The molecule has 1 aliphatic rings. The second-order valence-electron chi connectivity index (χ2n) is 6.49. The van der Waals surface area contributed by atoms with Crippen LogP contribution in [0.3, 0.4) is 0 Å². The number of nitrogens with one attached hydrogen (secondary N) is 1. The van der Waals surface area contributed by atoms with Gasteiger partial charge in [-0.2, -0.15) is 0 Å². The SMILES string of the molecule is Cc1csc(C(C)NC(=O)N(Cc2ccc(O)cc2)CC2CC2)n1. The molecule has 1 aromatic heterocycles. The fourth-order valence-electron chi connectivity index (χ4n) is 2.56. The van der Waals surface area contributed by atoms with Crippen LogP contribution in [0.1, 0.15) is 42.1 Å². The molecule has 1 heterocycles. The highest BCUT2D eigenvalue weighted by Gasteiger charge is 2.27. The Labute approximate surface area is 146 Å². The Kier molecular flexibility index (Phi) is 5.04. The van der Waals surface area contributed by atoms with E-state index in [1.54, 1.807) is 23.5 Å². The number of urea groups is 1. The van der Waals surface area contributed by atoms with Crippen LogP contribution in [0.5, 0.6) is 5.75 Å². The van der Waals surface area contributed by atoms with Gasteiger partial charge in [-0.1, -0.05) is 12.1 Å². The second kappa shape index (κ2) is 7.21. The number of phenols is 1. The van der Waals surface area contributed by atoms with Crippen LogP contribution in [0.15, 0.2) is 29.6 Å². The van der Waals surface area contributed by atoms with Gasteiger partial charge in [0.1, 0.15) is 10.8 Å². The molecule has 1 aliphatic carbocycles. The Bertz CT molecular complexity index is 695. The lowest BCUT2D eigenvalue weighted by Gasteiger charge is -2.25. The summed E-state index contributed by atoms with van der Waals surface area (Å²) in [7, 11) is 0. The van der Waals surface area contributed by atoms with Gasteiger partial charge in [0.15, 0.2) is 0 Å². The molecule has 3 rings (SSSR count). The molecule has 1 atom stereocenters. The summed E-state index contributed by atoms with van der Waals surface area (Å²) in [4.78, 5) is 19.0. The van der Waals surface area contributed by atoms with Crippen molar-refractivity contribution in [2.24, 2.45) is 5.92 Å². The molecule has 0 bridgehead atoms. The standard InChI is InChI=1S/C18H23N3O2S/c1-12-11-24-17(19-12)13(2)20-18(23)21(9-14-3-4-14)10-15-5-7-16(22)8-6-15/h5-8,11,13-14,22H,3-4,9-10H2,1-2H3,(H,20,23). The number of thiazole rings is 1. The first kappa shape index (κ1) is 16.8. The van der Waals surface area contributed by atoms with Crippen LogP contribution in [0.2, 0.25) is 0 Å². The van der Waals surface area contributed by atoms with Crippen molar-refractivity contribution in [1.29, 1.82) is 0 Å². The Morgan fingerprint density at radius 2 is 2.12 bits per heavy atom. The zero-order valence-corrected chi connectivity index (χ0v) is 14.8. The average Bonchev–Trinajstić information content (AvgIpc) is 3.26. The zero-order valence-electron chi connectivity index (χ0n) is 14.0. The van der Waals surface area contributed by atoms with Crippen molar-refractivity contribution in [3.8, 4) is 5.75 Å². The van der Waals surface area contributed by atoms with Gasteiger partial charge < -0.3 is 15.3 Å². The lowest BCUT2D eigenvalue weighted by Crippen LogP contribution is -2.41. The zero-order chi connectivity index (χ0) is 17.1. The molecule has 0 spiro atoms. The first-order chi connectivity index (χ1) is 11.5. The van der Waals surface area contributed by atoms with Gasteiger partial charge in [-0.25, -0.2) is 9.78 Å². The monoisotopic (exact) mass is 345 g/mol. The third-order valence-corrected chi connectivity index (χ3v) is 5.26. The third-order valence-electron chi connectivity index (χ3n) is 4.12. The summed E-state index contributed by atoms with van der Waals surface area (Å²) in [6, 6.07) is 6.87. The number of hydrogen-bond acceptors (Lipinski definition) is 4. The van der Waals surface area contributed by atoms with Crippen LogP contribution in [-0.2, 0) is 6.54 Å². The van der Waals surface area contributed by atoms with E-state index in [1.165, 1.54) is 12.8 Å². The van der Waals surface area contributed by atoms with Gasteiger partial charge >= 0.3 is 6.03 Å². The van der Waals surface area contributed by atoms with Crippen LogP contribution >= 0.6 is 11.3 Å². The van der Waals surface area contributed by atoms with Gasteiger partial charge in [0.05, 0.1) is 6.04 Å². The van der Waals surface area contributed by atoms with Gasteiger partial charge in [-0.05, 0) is 50.3 Å². The highest BCUT2D eigenvalue weighted by atomic mass is 32.1. The number of aromatic hydroxyl groups is 1. The van der Waals surface area contributed by atoms with Gasteiger partial charge in [-0.3, -0.25) is 0 Å². The Morgan fingerprint density at radius 1 is 1.42 bits per heavy atom. The fraction of sp³-hybridized carbons (Fsp3) is 0.444. The number of aromatic nitrogens is 1. The molecule has 0 radical (unpaired) electrons. The van der Waals surface area contributed by atoms with E-state index in [0.29, 0.717) is 12.5 Å². The van der Waals surface area contributed by atoms with Crippen molar-refractivity contribution in [3.05, 3.63) is 45.9 Å². The average molecular weight is 345 g/mol.